The lowest BCUT2D eigenvalue weighted by Crippen LogP contribution is -2.28. The average Bonchev–Trinajstić information content (AvgIpc) is 2.98. The van der Waals surface area contributed by atoms with Gasteiger partial charge in [0.2, 0.25) is 10.0 Å². The van der Waals surface area contributed by atoms with Gasteiger partial charge < -0.3 is 5.73 Å². The number of nitrogens with one attached hydrogen (secondary N) is 1. The van der Waals surface area contributed by atoms with Crippen molar-refractivity contribution < 1.29 is 8.42 Å². The van der Waals surface area contributed by atoms with Crippen LogP contribution in [-0.2, 0) is 23.1 Å². The van der Waals surface area contributed by atoms with Crippen molar-refractivity contribution in [2.24, 2.45) is 5.73 Å². The van der Waals surface area contributed by atoms with Gasteiger partial charge in [-0.15, -0.1) is 11.3 Å². The van der Waals surface area contributed by atoms with Crippen LogP contribution in [0.1, 0.15) is 10.4 Å². The second-order valence-corrected chi connectivity index (χ2v) is 6.71. The molecule has 3 N–H and O–H groups in total. The quantitative estimate of drug-likeness (QED) is 0.821. The van der Waals surface area contributed by atoms with Gasteiger partial charge in [0, 0.05) is 30.4 Å². The van der Waals surface area contributed by atoms with Crippen molar-refractivity contribution in [1.29, 1.82) is 0 Å². The van der Waals surface area contributed by atoms with Crippen LogP contribution in [0.4, 0.5) is 0 Å². The molecule has 6 nitrogen and oxygen atoms in total. The zero-order valence-corrected chi connectivity index (χ0v) is 12.2. The number of hydrogen-bond donors (Lipinski definition) is 2. The Morgan fingerprint density at radius 2 is 2.32 bits per heavy atom. The minimum atomic E-state index is -3.50. The van der Waals surface area contributed by atoms with E-state index in [9.17, 15) is 8.42 Å². The third-order valence-electron chi connectivity index (χ3n) is 2.64. The lowest BCUT2D eigenvalue weighted by Gasteiger charge is -2.08. The molecular weight excluding hydrogens is 284 g/mol. The molecule has 0 radical (unpaired) electrons. The van der Waals surface area contributed by atoms with Crippen LogP contribution in [-0.4, -0.2) is 24.7 Å². The summed E-state index contributed by atoms with van der Waals surface area (Å²) in [6, 6.07) is 1.80. The number of nitrogens with zero attached hydrogens (tertiary/aromatic N) is 2. The summed E-state index contributed by atoms with van der Waals surface area (Å²) < 4.78 is 28.7. The molecular formula is C11H16N4O2S2. The Bertz CT molecular complexity index is 632. The van der Waals surface area contributed by atoms with Crippen LogP contribution in [0.5, 0.6) is 0 Å². The number of rotatable bonds is 6. The number of sulfonamides is 1. The van der Waals surface area contributed by atoms with E-state index >= 15 is 0 Å². The van der Waals surface area contributed by atoms with Gasteiger partial charge in [-0.3, -0.25) is 4.68 Å². The highest BCUT2D eigenvalue weighted by molar-refractivity contribution is 7.89. The Morgan fingerprint density at radius 1 is 1.53 bits per heavy atom. The fourth-order valence-electron chi connectivity index (χ4n) is 1.79. The van der Waals surface area contributed by atoms with Crippen LogP contribution in [0.2, 0.25) is 0 Å². The Balaban J connectivity index is 2.07. The summed E-state index contributed by atoms with van der Waals surface area (Å²) in [4.78, 5) is 1.00. The zero-order valence-electron chi connectivity index (χ0n) is 10.5. The SMILES string of the molecule is Cc1csc(CN)c1S(=O)(=O)NCCn1cccn1. The third-order valence-corrected chi connectivity index (χ3v) is 5.58. The van der Waals surface area contributed by atoms with E-state index < -0.39 is 10.0 Å². The molecule has 0 spiro atoms. The van der Waals surface area contributed by atoms with E-state index in [0.29, 0.717) is 22.9 Å². The molecule has 2 aromatic rings. The van der Waals surface area contributed by atoms with E-state index in [1.165, 1.54) is 11.3 Å². The van der Waals surface area contributed by atoms with Crippen LogP contribution in [0, 0.1) is 6.92 Å². The number of hydrogen-bond acceptors (Lipinski definition) is 5. The van der Waals surface area contributed by atoms with Gasteiger partial charge in [0.05, 0.1) is 6.54 Å². The molecule has 0 saturated carbocycles. The van der Waals surface area contributed by atoms with E-state index in [1.807, 2.05) is 5.38 Å². The lowest BCUT2D eigenvalue weighted by molar-refractivity contribution is 0.560. The number of nitrogens with two attached hydrogens (primary N) is 1. The van der Waals surface area contributed by atoms with Crippen molar-refractivity contribution in [1.82, 2.24) is 14.5 Å². The van der Waals surface area contributed by atoms with Gasteiger partial charge in [-0.25, -0.2) is 13.1 Å². The molecule has 2 rings (SSSR count). The number of aromatic nitrogens is 2. The van der Waals surface area contributed by atoms with Gasteiger partial charge in [-0.2, -0.15) is 5.10 Å². The monoisotopic (exact) mass is 300 g/mol. The van der Waals surface area contributed by atoms with Gasteiger partial charge in [0.1, 0.15) is 4.90 Å². The minimum Gasteiger partial charge on any atom is -0.326 e. The average molecular weight is 300 g/mol. The Kier molecular flexibility index (Phi) is 4.35. The van der Waals surface area contributed by atoms with Crippen LogP contribution in [0.15, 0.2) is 28.7 Å². The first-order chi connectivity index (χ1) is 9.04. The molecule has 0 aliphatic heterocycles. The second kappa shape index (κ2) is 5.83. The summed E-state index contributed by atoms with van der Waals surface area (Å²) in [7, 11) is -3.50. The van der Waals surface area contributed by atoms with Gasteiger partial charge in [0.25, 0.3) is 0 Å². The molecule has 0 bridgehead atoms. The van der Waals surface area contributed by atoms with Crippen LogP contribution >= 0.6 is 11.3 Å². The summed E-state index contributed by atoms with van der Waals surface area (Å²) in [5.74, 6) is 0. The molecule has 0 saturated heterocycles. The van der Waals surface area contributed by atoms with Crippen LogP contribution in [0.3, 0.4) is 0 Å². The van der Waals surface area contributed by atoms with Gasteiger partial charge in [-0.05, 0) is 23.9 Å². The first kappa shape index (κ1) is 14.2. The fourth-order valence-corrected chi connectivity index (χ4v) is 4.51. The van der Waals surface area contributed by atoms with E-state index in [4.69, 9.17) is 5.73 Å². The van der Waals surface area contributed by atoms with Crippen molar-refractivity contribution in [3.63, 3.8) is 0 Å². The normalized spacial score (nSPS) is 11.9. The van der Waals surface area contributed by atoms with Gasteiger partial charge in [0.15, 0.2) is 0 Å². The fraction of sp³-hybridized carbons (Fsp3) is 0.364. The molecule has 0 fully saturated rings. The topological polar surface area (TPSA) is 90.0 Å². The Morgan fingerprint density at radius 3 is 2.95 bits per heavy atom. The molecule has 19 heavy (non-hydrogen) atoms. The maximum atomic E-state index is 12.2. The van der Waals surface area contributed by atoms with Crippen molar-refractivity contribution in [3.8, 4) is 0 Å². The Labute approximate surface area is 116 Å². The first-order valence-electron chi connectivity index (χ1n) is 5.78. The van der Waals surface area contributed by atoms with Gasteiger partial charge >= 0.3 is 0 Å². The smallest absolute Gasteiger partial charge is 0.242 e. The molecule has 8 heteroatoms. The minimum absolute atomic E-state index is 0.230. The molecule has 2 heterocycles. The molecule has 0 unspecified atom stereocenters. The highest BCUT2D eigenvalue weighted by atomic mass is 32.2. The van der Waals surface area contributed by atoms with Crippen molar-refractivity contribution in [3.05, 3.63) is 34.3 Å². The van der Waals surface area contributed by atoms with Crippen molar-refractivity contribution >= 4 is 21.4 Å². The predicted octanol–water partition coefficient (Wildman–Crippen LogP) is 0.690. The lowest BCUT2D eigenvalue weighted by atomic mass is 10.3. The first-order valence-corrected chi connectivity index (χ1v) is 8.15. The van der Waals surface area contributed by atoms with E-state index in [1.54, 1.807) is 30.1 Å². The molecule has 104 valence electrons. The molecule has 0 amide bonds. The second-order valence-electron chi connectivity index (χ2n) is 4.04. The van der Waals surface area contributed by atoms with Gasteiger partial charge in [-0.1, -0.05) is 0 Å². The Hall–Kier alpha value is -1.22. The molecule has 0 atom stereocenters. The maximum Gasteiger partial charge on any atom is 0.242 e. The molecule has 0 aliphatic rings. The van der Waals surface area contributed by atoms with Crippen LogP contribution in [0.25, 0.3) is 0 Å². The summed E-state index contributed by atoms with van der Waals surface area (Å²) >= 11 is 1.37. The van der Waals surface area contributed by atoms with E-state index in [0.717, 1.165) is 5.56 Å². The standard InChI is InChI=1S/C11H16N4O2S2/c1-9-8-18-10(7-12)11(9)19(16,17)14-4-6-15-5-2-3-13-15/h2-3,5,8,14H,4,6-7,12H2,1H3. The van der Waals surface area contributed by atoms with Crippen molar-refractivity contribution in [2.75, 3.05) is 6.54 Å². The van der Waals surface area contributed by atoms with E-state index in [-0.39, 0.29) is 6.54 Å². The third kappa shape index (κ3) is 3.21. The summed E-state index contributed by atoms with van der Waals surface area (Å²) in [6.45, 7) is 2.79. The number of thiophene rings is 1. The molecule has 2 aromatic heterocycles. The summed E-state index contributed by atoms with van der Waals surface area (Å²) in [6.07, 6.45) is 3.44. The highest BCUT2D eigenvalue weighted by Gasteiger charge is 2.21. The van der Waals surface area contributed by atoms with Crippen LogP contribution < -0.4 is 10.5 Å². The summed E-state index contributed by atoms with van der Waals surface area (Å²) in [5.41, 5.74) is 6.30. The highest BCUT2D eigenvalue weighted by Crippen LogP contribution is 2.26. The molecule has 0 aromatic carbocycles. The predicted molar refractivity (Wildman–Crippen MR) is 74.4 cm³/mol. The van der Waals surface area contributed by atoms with Crippen molar-refractivity contribution in [2.45, 2.75) is 24.9 Å². The summed E-state index contributed by atoms with van der Waals surface area (Å²) in [5, 5.41) is 5.82. The molecule has 0 aliphatic carbocycles. The zero-order chi connectivity index (χ0) is 13.9. The largest absolute Gasteiger partial charge is 0.326 e. The van der Waals surface area contributed by atoms with E-state index in [2.05, 4.69) is 9.82 Å². The maximum absolute atomic E-state index is 12.2. The number of aryl methyl sites for hydroxylation is 1.